The van der Waals surface area contributed by atoms with Crippen LogP contribution in [0.1, 0.15) is 26.6 Å². The third-order valence-corrected chi connectivity index (χ3v) is 5.31. The van der Waals surface area contributed by atoms with Gasteiger partial charge in [-0.2, -0.15) is 18.3 Å². The molecule has 154 valence electrons. The zero-order valence-electron chi connectivity index (χ0n) is 15.1. The monoisotopic (exact) mass is 435 g/mol. The number of hydrogen-bond acceptors (Lipinski definition) is 5. The first kappa shape index (κ1) is 19.7. The van der Waals surface area contributed by atoms with E-state index in [9.17, 15) is 27.9 Å². The SMILES string of the molecule is Cn1nc(C(F)(F)F)cc1-c1scc(NC(=O)c2cc3ccccc3o2)c1C(=O)O. The average molecular weight is 435 g/mol. The van der Waals surface area contributed by atoms with E-state index in [1.165, 1.54) is 18.5 Å². The number of hydrogen-bond donors (Lipinski definition) is 2. The van der Waals surface area contributed by atoms with E-state index in [0.717, 1.165) is 22.1 Å². The van der Waals surface area contributed by atoms with Crippen LogP contribution in [0.3, 0.4) is 0 Å². The lowest BCUT2D eigenvalue weighted by Gasteiger charge is -2.05. The van der Waals surface area contributed by atoms with Crippen molar-refractivity contribution in [2.24, 2.45) is 7.05 Å². The predicted octanol–water partition coefficient (Wildman–Crippen LogP) is 4.86. The normalized spacial score (nSPS) is 11.7. The number of carboxylic acids is 1. The summed E-state index contributed by atoms with van der Waals surface area (Å²) in [5, 5.41) is 17.5. The van der Waals surface area contributed by atoms with E-state index in [-0.39, 0.29) is 27.6 Å². The lowest BCUT2D eigenvalue weighted by atomic mass is 10.1. The highest BCUT2D eigenvalue weighted by Crippen LogP contribution is 2.39. The Morgan fingerprint density at radius 1 is 1.23 bits per heavy atom. The Hall–Kier alpha value is -3.60. The standard InChI is InChI=1S/C19H12F3N3O4S/c1-25-11(7-14(24-25)19(20,21)22)16-15(18(27)28)10(8-30-16)23-17(26)13-6-9-4-2-3-5-12(9)29-13/h2-8H,1H3,(H,23,26)(H,27,28). The van der Waals surface area contributed by atoms with Gasteiger partial charge in [0.25, 0.3) is 5.91 Å². The fraction of sp³-hybridized carbons (Fsp3) is 0.105. The van der Waals surface area contributed by atoms with Crippen LogP contribution in [0.25, 0.3) is 21.5 Å². The quantitative estimate of drug-likeness (QED) is 0.477. The molecule has 0 saturated heterocycles. The fourth-order valence-electron chi connectivity index (χ4n) is 2.95. The van der Waals surface area contributed by atoms with Gasteiger partial charge in [0.2, 0.25) is 0 Å². The van der Waals surface area contributed by atoms with Crippen LogP contribution in [0.2, 0.25) is 0 Å². The number of fused-ring (bicyclic) bond motifs is 1. The fourth-order valence-corrected chi connectivity index (χ4v) is 3.99. The highest BCUT2D eigenvalue weighted by molar-refractivity contribution is 7.14. The molecule has 1 amide bonds. The number of amides is 1. The Morgan fingerprint density at radius 3 is 2.60 bits per heavy atom. The van der Waals surface area contributed by atoms with Crippen molar-refractivity contribution in [2.45, 2.75) is 6.18 Å². The molecule has 0 bridgehead atoms. The van der Waals surface area contributed by atoms with Gasteiger partial charge in [-0.3, -0.25) is 9.48 Å². The largest absolute Gasteiger partial charge is 0.478 e. The summed E-state index contributed by atoms with van der Waals surface area (Å²) in [4.78, 5) is 24.4. The highest BCUT2D eigenvalue weighted by atomic mass is 32.1. The molecule has 0 unspecified atom stereocenters. The van der Waals surface area contributed by atoms with Gasteiger partial charge >= 0.3 is 12.1 Å². The van der Waals surface area contributed by atoms with Gasteiger partial charge in [0.15, 0.2) is 11.5 Å². The Bertz CT molecular complexity index is 1250. The zero-order chi connectivity index (χ0) is 21.6. The third kappa shape index (κ3) is 3.43. The Balaban J connectivity index is 1.70. The number of aromatic carboxylic acids is 1. The molecule has 4 rings (SSSR count). The number of aromatic nitrogens is 2. The number of carbonyl (C=O) groups excluding carboxylic acids is 1. The summed E-state index contributed by atoms with van der Waals surface area (Å²) < 4.78 is 45.3. The van der Waals surface area contributed by atoms with Crippen LogP contribution < -0.4 is 5.32 Å². The van der Waals surface area contributed by atoms with E-state index >= 15 is 0 Å². The molecule has 4 aromatic rings. The second-order valence-electron chi connectivity index (χ2n) is 6.30. The number of thiophene rings is 1. The molecular formula is C19H12F3N3O4S. The molecular weight excluding hydrogens is 423 g/mol. The Labute approximate surface area is 170 Å². The van der Waals surface area contributed by atoms with Gasteiger partial charge in [-0.15, -0.1) is 11.3 Å². The maximum atomic E-state index is 13.0. The van der Waals surface area contributed by atoms with E-state index in [1.54, 1.807) is 24.3 Å². The summed E-state index contributed by atoms with van der Waals surface area (Å²) in [6.07, 6.45) is -4.67. The Kier molecular flexibility index (Phi) is 4.61. The van der Waals surface area contributed by atoms with E-state index < -0.39 is 23.7 Å². The summed E-state index contributed by atoms with van der Waals surface area (Å²) in [5.74, 6) is -2.11. The first-order valence-corrected chi connectivity index (χ1v) is 9.29. The molecule has 1 aromatic carbocycles. The maximum Gasteiger partial charge on any atom is 0.435 e. The summed E-state index contributed by atoms with van der Waals surface area (Å²) in [7, 11) is 1.28. The first-order chi connectivity index (χ1) is 14.1. The Morgan fingerprint density at radius 2 is 1.97 bits per heavy atom. The molecule has 2 N–H and O–H groups in total. The number of carbonyl (C=O) groups is 2. The molecule has 3 heterocycles. The summed E-state index contributed by atoms with van der Waals surface area (Å²) in [6, 6.07) is 9.22. The van der Waals surface area contributed by atoms with Crippen molar-refractivity contribution in [3.63, 3.8) is 0 Å². The lowest BCUT2D eigenvalue weighted by Crippen LogP contribution is -2.13. The number of anilines is 1. The van der Waals surface area contributed by atoms with Crippen LogP contribution in [0.4, 0.5) is 18.9 Å². The number of carboxylic acid groups (broad SMARTS) is 1. The first-order valence-electron chi connectivity index (χ1n) is 8.41. The second-order valence-corrected chi connectivity index (χ2v) is 7.18. The number of nitrogens with zero attached hydrogens (tertiary/aromatic N) is 2. The molecule has 11 heteroatoms. The van der Waals surface area contributed by atoms with Gasteiger partial charge < -0.3 is 14.8 Å². The molecule has 0 radical (unpaired) electrons. The zero-order valence-corrected chi connectivity index (χ0v) is 16.0. The lowest BCUT2D eigenvalue weighted by molar-refractivity contribution is -0.141. The number of para-hydroxylation sites is 1. The number of aryl methyl sites for hydroxylation is 1. The van der Waals surface area contributed by atoms with Crippen molar-refractivity contribution >= 4 is 39.9 Å². The molecule has 30 heavy (non-hydrogen) atoms. The molecule has 0 spiro atoms. The topological polar surface area (TPSA) is 97.4 Å². The minimum Gasteiger partial charge on any atom is -0.478 e. The minimum atomic E-state index is -4.67. The van der Waals surface area contributed by atoms with Crippen LogP contribution in [-0.2, 0) is 13.2 Å². The molecule has 0 aliphatic heterocycles. The number of halogens is 3. The van der Waals surface area contributed by atoms with Gasteiger partial charge in [0.05, 0.1) is 16.3 Å². The molecule has 7 nitrogen and oxygen atoms in total. The van der Waals surface area contributed by atoms with Crippen molar-refractivity contribution in [2.75, 3.05) is 5.32 Å². The smallest absolute Gasteiger partial charge is 0.435 e. The van der Waals surface area contributed by atoms with E-state index in [4.69, 9.17) is 4.42 Å². The number of furan rings is 1. The van der Waals surface area contributed by atoms with Gasteiger partial charge in [0, 0.05) is 17.8 Å². The van der Waals surface area contributed by atoms with Crippen molar-refractivity contribution in [3.8, 4) is 10.6 Å². The number of nitrogens with one attached hydrogen (secondary N) is 1. The molecule has 0 aliphatic rings. The molecule has 0 atom stereocenters. The maximum absolute atomic E-state index is 13.0. The number of rotatable bonds is 4. The van der Waals surface area contributed by atoms with Gasteiger partial charge in [-0.1, -0.05) is 18.2 Å². The van der Waals surface area contributed by atoms with Crippen LogP contribution in [0.5, 0.6) is 0 Å². The van der Waals surface area contributed by atoms with Crippen molar-refractivity contribution < 1.29 is 32.3 Å². The van der Waals surface area contributed by atoms with Gasteiger partial charge in [-0.25, -0.2) is 4.79 Å². The van der Waals surface area contributed by atoms with Crippen LogP contribution in [0.15, 0.2) is 46.2 Å². The number of alkyl halides is 3. The number of benzene rings is 1. The summed E-state index contributed by atoms with van der Waals surface area (Å²) >= 11 is 0.884. The molecule has 0 fully saturated rings. The average Bonchev–Trinajstić information content (AvgIpc) is 3.36. The van der Waals surface area contributed by atoms with Crippen LogP contribution in [0, 0.1) is 0 Å². The van der Waals surface area contributed by atoms with E-state index in [2.05, 4.69) is 10.4 Å². The summed E-state index contributed by atoms with van der Waals surface area (Å²) in [6.45, 7) is 0. The van der Waals surface area contributed by atoms with Crippen molar-refractivity contribution in [1.82, 2.24) is 9.78 Å². The molecule has 3 aromatic heterocycles. The van der Waals surface area contributed by atoms with Crippen molar-refractivity contribution in [3.05, 3.63) is 58.8 Å². The third-order valence-electron chi connectivity index (χ3n) is 4.31. The van der Waals surface area contributed by atoms with Crippen LogP contribution >= 0.6 is 11.3 Å². The predicted molar refractivity (Wildman–Crippen MR) is 103 cm³/mol. The molecule has 0 aliphatic carbocycles. The van der Waals surface area contributed by atoms with E-state index in [0.29, 0.717) is 11.0 Å². The minimum absolute atomic E-state index is 0.0276. The van der Waals surface area contributed by atoms with E-state index in [1.807, 2.05) is 0 Å². The van der Waals surface area contributed by atoms with Gasteiger partial charge in [-0.05, 0) is 18.2 Å². The van der Waals surface area contributed by atoms with Gasteiger partial charge in [0.1, 0.15) is 11.1 Å². The second kappa shape index (κ2) is 7.02. The molecule has 0 saturated carbocycles. The summed E-state index contributed by atoms with van der Waals surface area (Å²) in [5.41, 5.74) is -1.07. The van der Waals surface area contributed by atoms with Crippen LogP contribution in [-0.4, -0.2) is 26.8 Å². The van der Waals surface area contributed by atoms with Crippen molar-refractivity contribution in [1.29, 1.82) is 0 Å². The highest BCUT2D eigenvalue weighted by Gasteiger charge is 2.35.